The summed E-state index contributed by atoms with van der Waals surface area (Å²) < 4.78 is 13.7. The normalized spacial score (nSPS) is 14.9. The third-order valence-electron chi connectivity index (χ3n) is 5.63. The summed E-state index contributed by atoms with van der Waals surface area (Å²) in [5, 5.41) is 0.865. The second-order valence-electron chi connectivity index (χ2n) is 7.50. The van der Waals surface area contributed by atoms with Gasteiger partial charge < -0.3 is 14.9 Å². The Morgan fingerprint density at radius 2 is 1.60 bits per heavy atom. The van der Waals surface area contributed by atoms with Gasteiger partial charge in [-0.1, -0.05) is 65.6 Å². The Morgan fingerprint density at radius 1 is 0.933 bits per heavy atom. The summed E-state index contributed by atoms with van der Waals surface area (Å²) in [6.45, 7) is 5.17. The van der Waals surface area contributed by atoms with Crippen LogP contribution >= 0.6 is 0 Å². The van der Waals surface area contributed by atoms with Crippen LogP contribution in [0.15, 0.2) is 71.4 Å². The number of benzene rings is 2. The van der Waals surface area contributed by atoms with Crippen LogP contribution in [0.2, 0.25) is 0 Å². The lowest BCUT2D eigenvalue weighted by molar-refractivity contribution is -0.684. The molecule has 2 aromatic carbocycles. The molecule has 3 heterocycles. The molecule has 1 aliphatic heterocycles. The highest BCUT2D eigenvalue weighted by atomic mass is 16.5. The minimum atomic E-state index is 0.563. The van der Waals surface area contributed by atoms with Crippen molar-refractivity contribution in [1.82, 2.24) is 9.88 Å². The van der Waals surface area contributed by atoms with Crippen molar-refractivity contribution in [3.05, 3.63) is 67.0 Å². The smallest absolute Gasteiger partial charge is 0.310 e. The third kappa shape index (κ3) is 3.56. The number of furan rings is 1. The van der Waals surface area contributed by atoms with Crippen LogP contribution in [-0.4, -0.2) is 42.7 Å². The van der Waals surface area contributed by atoms with Crippen LogP contribution in [0, 0.1) is 0 Å². The molecule has 0 spiro atoms. The molecule has 0 atom stereocenters. The fourth-order valence-corrected chi connectivity index (χ4v) is 4.00. The molecule has 1 aliphatic rings. The average Bonchev–Trinajstić information content (AvgIpc) is 3.21. The number of hydrogen-bond donors (Lipinski definition) is 1. The quantitative estimate of drug-likeness (QED) is 0.520. The van der Waals surface area contributed by atoms with Crippen molar-refractivity contribution in [2.75, 3.05) is 38.6 Å². The molecule has 0 bridgehead atoms. The molecule has 30 heavy (non-hydrogen) atoms. The average molecular weight is 401 g/mol. The largest absolute Gasteiger partial charge is 0.425 e. The molecule has 152 valence electrons. The van der Waals surface area contributed by atoms with Crippen LogP contribution in [0.25, 0.3) is 33.6 Å². The molecule has 0 radical (unpaired) electrons. The van der Waals surface area contributed by atoms with E-state index in [9.17, 15) is 0 Å². The Balaban J connectivity index is 1.61. The molecule has 0 aliphatic carbocycles. The number of nitrogens with zero attached hydrogens (tertiary/aromatic N) is 3. The monoisotopic (exact) mass is 401 g/mol. The van der Waals surface area contributed by atoms with Gasteiger partial charge in [0.1, 0.15) is 11.1 Å². The predicted molar refractivity (Wildman–Crippen MR) is 117 cm³/mol. The van der Waals surface area contributed by atoms with E-state index in [1.807, 2.05) is 53.1 Å². The van der Waals surface area contributed by atoms with Crippen LogP contribution in [0.5, 0.6) is 0 Å². The maximum atomic E-state index is 6.68. The Hall–Kier alpha value is -3.22. The second-order valence-corrected chi connectivity index (χ2v) is 7.50. The maximum absolute atomic E-state index is 6.68. The molecule has 4 aromatic rings. The minimum Gasteiger partial charge on any atom is -0.425 e. The number of hydrogen-bond acceptors (Lipinski definition) is 5. The zero-order valence-corrected chi connectivity index (χ0v) is 16.8. The van der Waals surface area contributed by atoms with Crippen molar-refractivity contribution < 1.29 is 13.7 Å². The Kier molecular flexibility index (Phi) is 5.17. The van der Waals surface area contributed by atoms with E-state index in [2.05, 4.69) is 22.0 Å². The summed E-state index contributed by atoms with van der Waals surface area (Å²) in [6.07, 6.45) is 1.78. The van der Waals surface area contributed by atoms with E-state index in [0.717, 1.165) is 67.2 Å². The molecule has 5 rings (SSSR count). The van der Waals surface area contributed by atoms with Gasteiger partial charge in [0, 0.05) is 30.8 Å². The zero-order chi connectivity index (χ0) is 20.3. The Bertz CT molecular complexity index is 1140. The number of anilines is 1. The van der Waals surface area contributed by atoms with Gasteiger partial charge >= 0.3 is 5.71 Å². The SMILES string of the molecule is Nc1c2c(-c3ccccc3)c(-c3ccccc3)oc2nc[n+]1CCN1CCOCC1. The van der Waals surface area contributed by atoms with Crippen LogP contribution in [0.3, 0.4) is 0 Å². The second kappa shape index (κ2) is 8.26. The van der Waals surface area contributed by atoms with E-state index < -0.39 is 0 Å². The number of nitrogens with two attached hydrogens (primary N) is 1. The first kappa shape index (κ1) is 18.8. The predicted octanol–water partition coefficient (Wildman–Crippen LogP) is 3.36. The van der Waals surface area contributed by atoms with Crippen LogP contribution in [0.4, 0.5) is 5.82 Å². The summed E-state index contributed by atoms with van der Waals surface area (Å²) >= 11 is 0. The van der Waals surface area contributed by atoms with E-state index in [1.165, 1.54) is 0 Å². The van der Waals surface area contributed by atoms with Crippen LogP contribution in [0.1, 0.15) is 0 Å². The molecular formula is C24H25N4O2+. The molecule has 2 aromatic heterocycles. The molecular weight excluding hydrogens is 376 g/mol. The first-order valence-electron chi connectivity index (χ1n) is 10.3. The maximum Gasteiger partial charge on any atom is 0.310 e. The van der Waals surface area contributed by atoms with Crippen molar-refractivity contribution in [2.45, 2.75) is 6.54 Å². The topological polar surface area (TPSA) is 68.4 Å². The molecule has 6 nitrogen and oxygen atoms in total. The molecule has 0 unspecified atom stereocenters. The van der Waals surface area contributed by atoms with E-state index in [4.69, 9.17) is 14.9 Å². The lowest BCUT2D eigenvalue weighted by Gasteiger charge is -2.26. The molecule has 0 saturated carbocycles. The summed E-state index contributed by atoms with van der Waals surface area (Å²) in [7, 11) is 0. The zero-order valence-electron chi connectivity index (χ0n) is 16.8. The number of aromatic nitrogens is 2. The van der Waals surface area contributed by atoms with Gasteiger partial charge in [-0.2, -0.15) is 0 Å². The highest BCUT2D eigenvalue weighted by Crippen LogP contribution is 2.41. The number of rotatable bonds is 5. The van der Waals surface area contributed by atoms with Crippen LogP contribution < -0.4 is 10.3 Å². The minimum absolute atomic E-state index is 0.563. The van der Waals surface area contributed by atoms with E-state index in [1.54, 1.807) is 6.33 Å². The standard InChI is InChI=1S/C24H24N4O2/c25-23-21-20(18-7-3-1-4-8-18)22(19-9-5-2-6-10-19)30-24(21)26-17-28(23)12-11-27-13-15-29-16-14-27/h1-10,17,25H,11-16H2/p+1. The van der Waals surface area contributed by atoms with E-state index in [0.29, 0.717) is 11.5 Å². The third-order valence-corrected chi connectivity index (χ3v) is 5.63. The van der Waals surface area contributed by atoms with Gasteiger partial charge in [0.25, 0.3) is 0 Å². The molecule has 1 fully saturated rings. The fourth-order valence-electron chi connectivity index (χ4n) is 4.00. The highest BCUT2D eigenvalue weighted by Gasteiger charge is 2.25. The fraction of sp³-hybridized carbons (Fsp3) is 0.250. The molecule has 1 saturated heterocycles. The van der Waals surface area contributed by atoms with Crippen molar-refractivity contribution >= 4 is 16.9 Å². The number of fused-ring (bicyclic) bond motifs is 1. The number of morpholine rings is 1. The lowest BCUT2D eigenvalue weighted by atomic mass is 9.99. The van der Waals surface area contributed by atoms with Crippen molar-refractivity contribution in [3.63, 3.8) is 0 Å². The number of ether oxygens (including phenoxy) is 1. The summed E-state index contributed by atoms with van der Waals surface area (Å²) in [5.41, 5.74) is 10.3. The van der Waals surface area contributed by atoms with Gasteiger partial charge in [-0.05, 0) is 5.56 Å². The van der Waals surface area contributed by atoms with E-state index in [-0.39, 0.29) is 0 Å². The van der Waals surface area contributed by atoms with Gasteiger partial charge in [-0.25, -0.2) is 4.57 Å². The summed E-state index contributed by atoms with van der Waals surface area (Å²) in [6, 6.07) is 20.4. The first-order valence-corrected chi connectivity index (χ1v) is 10.3. The van der Waals surface area contributed by atoms with Crippen molar-refractivity contribution in [1.29, 1.82) is 0 Å². The van der Waals surface area contributed by atoms with Crippen molar-refractivity contribution in [3.8, 4) is 22.5 Å². The first-order chi connectivity index (χ1) is 14.8. The van der Waals surface area contributed by atoms with E-state index >= 15 is 0 Å². The number of nitrogen functional groups attached to an aromatic ring is 1. The molecule has 2 N–H and O–H groups in total. The van der Waals surface area contributed by atoms with Crippen molar-refractivity contribution in [2.24, 2.45) is 0 Å². The summed E-state index contributed by atoms with van der Waals surface area (Å²) in [4.78, 5) is 7.00. The van der Waals surface area contributed by atoms with Gasteiger partial charge in [0.05, 0.1) is 19.8 Å². The summed E-state index contributed by atoms with van der Waals surface area (Å²) in [5.74, 6) is 1.47. The van der Waals surface area contributed by atoms with Gasteiger partial charge in [0.15, 0.2) is 0 Å². The Labute approximate surface area is 175 Å². The van der Waals surface area contributed by atoms with Gasteiger partial charge in [-0.3, -0.25) is 4.90 Å². The van der Waals surface area contributed by atoms with Gasteiger partial charge in [-0.15, -0.1) is 0 Å². The lowest BCUT2D eigenvalue weighted by Crippen LogP contribution is -2.46. The molecule has 0 amide bonds. The van der Waals surface area contributed by atoms with Gasteiger partial charge in [0.2, 0.25) is 12.1 Å². The Morgan fingerprint density at radius 3 is 2.30 bits per heavy atom. The highest BCUT2D eigenvalue weighted by molar-refractivity contribution is 6.04. The molecule has 6 heteroatoms. The van der Waals surface area contributed by atoms with Crippen LogP contribution in [-0.2, 0) is 11.3 Å².